The molecule has 0 fully saturated rings. The highest BCUT2D eigenvalue weighted by Crippen LogP contribution is 2.43. The van der Waals surface area contributed by atoms with E-state index in [4.69, 9.17) is 23.1 Å². The van der Waals surface area contributed by atoms with E-state index < -0.39 is 0 Å². The van der Waals surface area contributed by atoms with Gasteiger partial charge in [0.1, 0.15) is 0 Å². The summed E-state index contributed by atoms with van der Waals surface area (Å²) in [5, 5.41) is 3.54. The fourth-order valence-corrected chi connectivity index (χ4v) is 8.80. The predicted octanol–water partition coefficient (Wildman–Crippen LogP) is 16.5. The lowest BCUT2D eigenvalue weighted by Gasteiger charge is -2.26. The van der Waals surface area contributed by atoms with Gasteiger partial charge in [-0.15, -0.1) is 0 Å². The second kappa shape index (κ2) is 16.1. The zero-order chi connectivity index (χ0) is 43.0. The van der Waals surface area contributed by atoms with Crippen LogP contribution in [0.3, 0.4) is 0 Å². The van der Waals surface area contributed by atoms with E-state index in [2.05, 4.69) is 177 Å². The molecular weight excluding hydrogens is 781 g/mol. The Kier molecular flexibility index (Phi) is 9.50. The molecule has 0 spiro atoms. The Labute approximate surface area is 370 Å². The van der Waals surface area contributed by atoms with Crippen molar-refractivity contribution >= 4 is 89.1 Å². The molecule has 6 heteroatoms. The molecule has 1 heterocycles. The predicted molar refractivity (Wildman–Crippen MR) is 265 cm³/mol. The van der Waals surface area contributed by atoms with Crippen LogP contribution in [0.2, 0.25) is 0 Å². The Morgan fingerprint density at radius 2 is 0.625 bits per heavy atom. The van der Waals surface area contributed by atoms with Crippen molar-refractivity contribution in [3.63, 3.8) is 0 Å². The molecule has 64 heavy (non-hydrogen) atoms. The first-order chi connectivity index (χ1) is 31.6. The van der Waals surface area contributed by atoms with Crippen molar-refractivity contribution in [3.05, 3.63) is 241 Å². The average Bonchev–Trinajstić information content (AvgIpc) is 3.37. The summed E-state index contributed by atoms with van der Waals surface area (Å²) in [5.74, 6) is 0. The van der Waals surface area contributed by atoms with Gasteiger partial charge in [-0.1, -0.05) is 121 Å². The third-order valence-electron chi connectivity index (χ3n) is 11.8. The molecule has 1 aromatic heterocycles. The number of fused-ring (bicyclic) bond motifs is 7. The van der Waals surface area contributed by atoms with Gasteiger partial charge in [0, 0.05) is 44.9 Å². The highest BCUT2D eigenvalue weighted by Gasteiger charge is 2.19. The summed E-state index contributed by atoms with van der Waals surface area (Å²) < 4.78 is 0. The summed E-state index contributed by atoms with van der Waals surface area (Å²) in [6.07, 6.45) is 0. The molecule has 0 aliphatic carbocycles. The van der Waals surface area contributed by atoms with Gasteiger partial charge in [-0.2, -0.15) is 0 Å². The average molecular weight is 817 g/mol. The highest BCUT2D eigenvalue weighted by atomic mass is 15.1. The lowest BCUT2D eigenvalue weighted by molar-refractivity contribution is 1.28. The number of nitrogens with zero attached hydrogens (tertiary/aromatic N) is 6. The number of para-hydroxylation sites is 4. The smallest absolute Gasteiger partial charge is 0.187 e. The molecule has 0 amide bonds. The van der Waals surface area contributed by atoms with Crippen LogP contribution in [0.1, 0.15) is 0 Å². The van der Waals surface area contributed by atoms with Gasteiger partial charge >= 0.3 is 0 Å². The number of aromatic nitrogens is 2. The first-order valence-corrected chi connectivity index (χ1v) is 21.0. The van der Waals surface area contributed by atoms with Crippen LogP contribution in [0.25, 0.3) is 75.6 Å². The Morgan fingerprint density at radius 3 is 0.938 bits per heavy atom. The van der Waals surface area contributed by atoms with Crippen LogP contribution in [-0.4, -0.2) is 9.97 Å². The van der Waals surface area contributed by atoms with Crippen molar-refractivity contribution in [3.8, 4) is 22.3 Å². The molecule has 0 atom stereocenters. The molecule has 0 saturated heterocycles. The van der Waals surface area contributed by atoms with Crippen LogP contribution >= 0.6 is 0 Å². The van der Waals surface area contributed by atoms with Crippen LogP contribution in [0.4, 0.5) is 45.5 Å². The van der Waals surface area contributed by atoms with Crippen LogP contribution in [0.15, 0.2) is 218 Å². The zero-order valence-corrected chi connectivity index (χ0v) is 34.5. The molecule has 0 bridgehead atoms. The van der Waals surface area contributed by atoms with Crippen molar-refractivity contribution in [2.45, 2.75) is 0 Å². The Morgan fingerprint density at radius 1 is 0.312 bits per heavy atom. The standard InChI is InChI=1S/C58H36N6/c1-59-41-27-33-49-53(35-41)54-36-42(60-2)28-34-50(54)58-57(49)61-55-37-51(39-23-29-47(30-24-39)63(43-15-7-3-8-16-43)44-17-9-4-10-18-44)52(38-56(55)62-58)40-25-31-48(32-26-40)64(45-19-11-5-12-20-45)46-21-13-6-14-22-46/h3-38H. The monoisotopic (exact) mass is 816 g/mol. The van der Waals surface area contributed by atoms with E-state index in [9.17, 15) is 0 Å². The molecule has 6 nitrogen and oxygen atoms in total. The second-order valence-corrected chi connectivity index (χ2v) is 15.6. The summed E-state index contributed by atoms with van der Waals surface area (Å²) in [6.45, 7) is 15.5. The Bertz CT molecular complexity index is 3280. The van der Waals surface area contributed by atoms with E-state index in [-0.39, 0.29) is 0 Å². The minimum absolute atomic E-state index is 0.533. The normalized spacial score (nSPS) is 11.1. The summed E-state index contributed by atoms with van der Waals surface area (Å²) in [6, 6.07) is 74.9. The van der Waals surface area contributed by atoms with Gasteiger partial charge < -0.3 is 9.80 Å². The zero-order valence-electron chi connectivity index (χ0n) is 34.5. The fourth-order valence-electron chi connectivity index (χ4n) is 8.80. The van der Waals surface area contributed by atoms with Crippen molar-refractivity contribution in [2.75, 3.05) is 9.80 Å². The van der Waals surface area contributed by atoms with Crippen molar-refractivity contribution in [2.24, 2.45) is 0 Å². The van der Waals surface area contributed by atoms with Gasteiger partial charge in [0.25, 0.3) is 0 Å². The van der Waals surface area contributed by atoms with Gasteiger partial charge in [-0.3, -0.25) is 0 Å². The number of anilines is 6. The lowest BCUT2D eigenvalue weighted by atomic mass is 9.93. The minimum Gasteiger partial charge on any atom is -0.311 e. The molecule has 0 aliphatic rings. The minimum atomic E-state index is 0.533. The van der Waals surface area contributed by atoms with E-state index in [1.54, 1.807) is 0 Å². The molecule has 11 aromatic rings. The van der Waals surface area contributed by atoms with E-state index >= 15 is 0 Å². The summed E-state index contributed by atoms with van der Waals surface area (Å²) in [7, 11) is 0. The van der Waals surface area contributed by atoms with Crippen LogP contribution < -0.4 is 9.80 Å². The van der Waals surface area contributed by atoms with Crippen molar-refractivity contribution < 1.29 is 0 Å². The van der Waals surface area contributed by atoms with Gasteiger partial charge in [0.15, 0.2) is 11.4 Å². The molecule has 0 saturated carbocycles. The summed E-state index contributed by atoms with van der Waals surface area (Å²) in [5.41, 5.74) is 14.6. The molecule has 0 N–H and O–H groups in total. The third-order valence-corrected chi connectivity index (χ3v) is 11.8. The van der Waals surface area contributed by atoms with Crippen molar-refractivity contribution in [1.82, 2.24) is 9.97 Å². The lowest BCUT2D eigenvalue weighted by Crippen LogP contribution is -2.09. The fraction of sp³-hybridized carbons (Fsp3) is 0. The Balaban J connectivity index is 1.11. The molecule has 0 radical (unpaired) electrons. The van der Waals surface area contributed by atoms with Gasteiger partial charge in [-0.25, -0.2) is 19.7 Å². The topological polar surface area (TPSA) is 41.0 Å². The molecule has 0 aliphatic heterocycles. The van der Waals surface area contributed by atoms with Crippen LogP contribution in [-0.2, 0) is 0 Å². The first kappa shape index (κ1) is 37.9. The third kappa shape index (κ3) is 6.79. The highest BCUT2D eigenvalue weighted by molar-refractivity contribution is 6.25. The number of rotatable bonds is 8. The molecule has 10 aromatic carbocycles. The second-order valence-electron chi connectivity index (χ2n) is 15.6. The number of hydrogen-bond donors (Lipinski definition) is 0. The number of benzene rings is 10. The van der Waals surface area contributed by atoms with E-state index in [1.807, 2.05) is 60.7 Å². The van der Waals surface area contributed by atoms with Crippen molar-refractivity contribution in [1.29, 1.82) is 0 Å². The van der Waals surface area contributed by atoms with Gasteiger partial charge in [0.05, 0.1) is 35.2 Å². The molecular formula is C58H36N6. The van der Waals surface area contributed by atoms with Crippen LogP contribution in [0, 0.1) is 13.1 Å². The largest absolute Gasteiger partial charge is 0.311 e. The van der Waals surface area contributed by atoms with E-state index in [0.717, 1.165) is 100.0 Å². The Hall–Kier alpha value is -9.10. The quantitative estimate of drug-likeness (QED) is 0.0870. The van der Waals surface area contributed by atoms with Crippen LogP contribution in [0.5, 0.6) is 0 Å². The summed E-state index contributed by atoms with van der Waals surface area (Å²) in [4.78, 5) is 22.8. The maximum absolute atomic E-state index is 7.75. The maximum Gasteiger partial charge on any atom is 0.187 e. The van der Waals surface area contributed by atoms with Gasteiger partial charge in [0.2, 0.25) is 0 Å². The SMILES string of the molecule is [C-]#[N+]c1ccc2c(c1)c1cc([N+]#[C-])ccc1c1nc3cc(-c4ccc(N(c5ccccc5)c5ccccc5)cc4)c(-c4ccc(N(c5ccccc5)c5ccccc5)cc4)cc3nc21. The molecule has 11 rings (SSSR count). The number of hydrogen-bond acceptors (Lipinski definition) is 4. The van der Waals surface area contributed by atoms with Gasteiger partial charge in [-0.05, 0) is 130 Å². The van der Waals surface area contributed by atoms with E-state index in [1.165, 1.54) is 0 Å². The summed E-state index contributed by atoms with van der Waals surface area (Å²) >= 11 is 0. The molecule has 0 unspecified atom stereocenters. The molecule has 298 valence electrons. The maximum atomic E-state index is 7.75. The first-order valence-electron chi connectivity index (χ1n) is 21.0. The van der Waals surface area contributed by atoms with E-state index in [0.29, 0.717) is 11.4 Å².